The predicted octanol–water partition coefficient (Wildman–Crippen LogP) is 22.3. The fraction of sp³-hybridized carbons (Fsp3) is 0.125. The van der Waals surface area contributed by atoms with Crippen LogP contribution in [0, 0.1) is 23.3 Å². The van der Waals surface area contributed by atoms with Gasteiger partial charge in [0.25, 0.3) is 23.6 Å². The molecule has 6 aliphatic heterocycles. The van der Waals surface area contributed by atoms with E-state index in [0.717, 1.165) is 135 Å². The molecule has 26 heteroatoms. The lowest BCUT2D eigenvalue weighted by Crippen LogP contribution is -2.23. The molecule has 20 nitrogen and oxygen atoms in total. The van der Waals surface area contributed by atoms with Crippen molar-refractivity contribution in [2.75, 3.05) is 11.6 Å². The molecule has 138 heavy (non-hydrogen) atoms. The van der Waals surface area contributed by atoms with Gasteiger partial charge in [-0.15, -0.1) is 11.8 Å². The van der Waals surface area contributed by atoms with E-state index in [9.17, 15) is 45.2 Å². The quantitative estimate of drug-likeness (QED) is 0.0625. The monoisotopic (exact) mass is 1860 g/mol. The average Bonchev–Trinajstić information content (AvgIpc) is 1.61. The molecule has 0 saturated carbocycles. The number of allylic oxidation sites excluding steroid dienone is 2. The van der Waals surface area contributed by atoms with Gasteiger partial charge in [0.2, 0.25) is 10.0 Å². The SMILES string of the molecule is CSc1ccc(-c2ccc(CN3Cc4ccccc4C3=O)c(F)c2)cn1.Cn1cc2cc(Nc3ccc(CN4Cc5ncccc5C4=O)c(F)c3)ccc2n1.O=C1c2ccccc2CN1Cc1ccc(-c2ccc3c(c2)CC=C3)cc1F.O=C1c2cccnc2CN1Cc1ccc(-c2ccc3nccn3c2)cc1F.O=S1(=O)c2ccccc2CN1Cc1ccc(C2=CCC(c3ccccc3)=N2)cc1. The number of halogens is 4. The number of thioether (sulfide) groups is 1. The lowest BCUT2D eigenvalue weighted by atomic mass is 9.99. The van der Waals surface area contributed by atoms with Gasteiger partial charge in [-0.1, -0.05) is 194 Å². The van der Waals surface area contributed by atoms with Gasteiger partial charge in [-0.3, -0.25) is 38.8 Å². The molecule has 682 valence electrons. The summed E-state index contributed by atoms with van der Waals surface area (Å²) in [4.78, 5) is 78.7. The number of nitrogens with zero attached hydrogens (tertiary/aromatic N) is 13. The Bertz CT molecular complexity index is 7870. The van der Waals surface area contributed by atoms with Crippen molar-refractivity contribution in [2.24, 2.45) is 12.0 Å². The van der Waals surface area contributed by atoms with Crippen LogP contribution in [0.15, 0.2) is 356 Å². The summed E-state index contributed by atoms with van der Waals surface area (Å²) in [6.07, 6.45) is 22.6. The fourth-order valence-corrected chi connectivity index (χ4v) is 20.1. The number of imidazole rings is 1. The van der Waals surface area contributed by atoms with Crippen molar-refractivity contribution < 1.29 is 45.2 Å². The van der Waals surface area contributed by atoms with Crippen LogP contribution in [-0.4, -0.2) is 102 Å². The first-order chi connectivity index (χ1) is 67.2. The minimum atomic E-state index is -3.41. The Labute approximate surface area is 798 Å². The number of anilines is 2. The summed E-state index contributed by atoms with van der Waals surface area (Å²) >= 11 is 1.57. The Balaban J connectivity index is 0.000000106. The van der Waals surface area contributed by atoms with Crippen LogP contribution < -0.4 is 5.32 Å². The smallest absolute Gasteiger partial charge is 0.256 e. The molecule has 0 radical (unpaired) electrons. The van der Waals surface area contributed by atoms with Gasteiger partial charge in [0, 0.05) is 165 Å². The van der Waals surface area contributed by atoms with E-state index in [1.807, 2.05) is 212 Å². The first-order valence-electron chi connectivity index (χ1n) is 45.0. The highest BCUT2D eigenvalue weighted by Crippen LogP contribution is 2.38. The molecule has 0 atom stereocenters. The van der Waals surface area contributed by atoms with Crippen LogP contribution in [0.4, 0.5) is 28.9 Å². The van der Waals surface area contributed by atoms with E-state index >= 15 is 0 Å². The standard InChI is InChI=1S/C24H18FNO.C24H20N2O2S.C22H18FN5O.C21H15FN4O.C21H17FN2OS/c25-23-13-19(18-9-8-16-5-3-6-17(16)12-18)10-11-21(23)15-26-14-20-4-1-2-7-22(20)24(26)27;27-29(28)24-9-5-4-8-21(24)17-26(29)16-18-10-12-20(13-11-18)23-15-14-22(25-23)19-6-2-1-3-7-19;1-27-11-15-9-16(6-7-20(15)26-27)25-17-5-4-14(19(23)10-17)12-28-13-21-18(22(28)29)3-2-8-24-21;22-18-10-14(15-5-6-20-24-8-9-25(20)11-15)3-4-16(18)12-26-13-19-17(21(26)27)2-1-7-23-19;1-26-20-9-8-15(11-23-20)14-6-7-17(19(22)10-14)13-24-12-16-4-2-3-5-18(16)21(24)25/h1-5,7-13H,6,14-15H2;1-13,15H,14,16-17H2;2-11,25H,12-13H2,1H3;1-11H,12-13H2;2-11H,12-13H2,1H3. The van der Waals surface area contributed by atoms with E-state index < -0.39 is 10.0 Å². The van der Waals surface area contributed by atoms with Gasteiger partial charge in [0.15, 0.2) is 0 Å². The third-order valence-corrected chi connectivity index (χ3v) is 27.9. The number of aliphatic imine (C=N–C) groups is 1. The molecule has 7 aliphatic rings. The molecular formula is C112H88F4N14O6S2. The number of carbonyl (C=O) groups excluding carboxylic acids is 4. The van der Waals surface area contributed by atoms with Crippen LogP contribution >= 0.6 is 11.8 Å². The highest BCUT2D eigenvalue weighted by molar-refractivity contribution is 7.98. The first-order valence-corrected chi connectivity index (χ1v) is 47.7. The minimum Gasteiger partial charge on any atom is -0.355 e. The zero-order valence-electron chi connectivity index (χ0n) is 75.0. The zero-order valence-corrected chi connectivity index (χ0v) is 76.6. The van der Waals surface area contributed by atoms with Crippen molar-refractivity contribution in [3.63, 3.8) is 0 Å². The van der Waals surface area contributed by atoms with E-state index in [-0.39, 0.29) is 73.1 Å². The number of amides is 4. The number of hydrogen-bond donors (Lipinski definition) is 1. The molecule has 0 bridgehead atoms. The number of aromatic nitrogens is 7. The van der Waals surface area contributed by atoms with Gasteiger partial charge in [0.05, 0.1) is 62.5 Å². The van der Waals surface area contributed by atoms with E-state index in [0.29, 0.717) is 88.8 Å². The normalized spacial score (nSPS) is 14.4. The molecule has 1 N–H and O–H groups in total. The molecule has 0 saturated heterocycles. The van der Waals surface area contributed by atoms with E-state index in [1.165, 1.54) is 33.6 Å². The van der Waals surface area contributed by atoms with Crippen molar-refractivity contribution in [1.29, 1.82) is 0 Å². The van der Waals surface area contributed by atoms with E-state index in [4.69, 9.17) is 4.99 Å². The third kappa shape index (κ3) is 19.2. The summed E-state index contributed by atoms with van der Waals surface area (Å²) in [7, 11) is -1.53. The van der Waals surface area contributed by atoms with Gasteiger partial charge in [-0.2, -0.15) is 9.40 Å². The van der Waals surface area contributed by atoms with Crippen molar-refractivity contribution in [3.8, 4) is 33.4 Å². The van der Waals surface area contributed by atoms with Crippen LogP contribution in [-0.2, 0) is 88.9 Å². The minimum absolute atomic E-state index is 0.0276. The van der Waals surface area contributed by atoms with Crippen molar-refractivity contribution in [1.82, 2.24) is 58.0 Å². The number of hydrogen-bond acceptors (Lipinski definition) is 14. The second-order valence-corrected chi connectivity index (χ2v) is 37.1. The molecule has 0 unspecified atom stereocenters. The summed E-state index contributed by atoms with van der Waals surface area (Å²) in [5.74, 6) is -1.54. The van der Waals surface area contributed by atoms with Gasteiger partial charge < -0.3 is 29.3 Å². The number of sulfonamides is 1. The Hall–Kier alpha value is -16.2. The van der Waals surface area contributed by atoms with Crippen LogP contribution in [0.25, 0.3) is 61.7 Å². The molecule has 12 heterocycles. The number of benzene rings is 11. The second-order valence-electron chi connectivity index (χ2n) is 34.4. The summed E-state index contributed by atoms with van der Waals surface area (Å²) in [5, 5.41) is 9.51. The maximum atomic E-state index is 14.8. The topological polar surface area (TPSA) is 217 Å². The van der Waals surface area contributed by atoms with Gasteiger partial charge in [0.1, 0.15) is 28.9 Å². The van der Waals surface area contributed by atoms with Crippen LogP contribution in [0.2, 0.25) is 0 Å². The second kappa shape index (κ2) is 39.0. The Morgan fingerprint density at radius 1 is 0.413 bits per heavy atom. The molecule has 0 spiro atoms. The van der Waals surface area contributed by atoms with E-state index in [2.05, 4.69) is 72.8 Å². The summed E-state index contributed by atoms with van der Waals surface area (Å²) in [6, 6.07) is 87.9. The molecular weight excluding hydrogens is 1780 g/mol. The molecule has 4 amide bonds. The van der Waals surface area contributed by atoms with Crippen molar-refractivity contribution in [3.05, 3.63) is 464 Å². The third-order valence-electron chi connectivity index (χ3n) is 25.4. The highest BCUT2D eigenvalue weighted by atomic mass is 32.2. The number of rotatable bonds is 18. The fourth-order valence-electron chi connectivity index (χ4n) is 18.1. The van der Waals surface area contributed by atoms with Crippen molar-refractivity contribution in [2.45, 2.75) is 88.2 Å². The highest BCUT2D eigenvalue weighted by Gasteiger charge is 2.36. The number of aryl methyl sites for hydroxylation is 1. The molecule has 11 aromatic carbocycles. The molecule has 17 aromatic rings. The van der Waals surface area contributed by atoms with Crippen LogP contribution in [0.1, 0.15) is 126 Å². The number of pyridine rings is 4. The zero-order chi connectivity index (χ0) is 94.7. The summed E-state index contributed by atoms with van der Waals surface area (Å²) < 4.78 is 89.5. The lowest BCUT2D eigenvalue weighted by Gasteiger charge is -2.17. The number of nitrogens with one attached hydrogen (secondary N) is 1. The summed E-state index contributed by atoms with van der Waals surface area (Å²) in [6.45, 7) is 3.66. The molecule has 24 rings (SSSR count). The predicted molar refractivity (Wildman–Crippen MR) is 528 cm³/mol. The largest absolute Gasteiger partial charge is 0.355 e. The van der Waals surface area contributed by atoms with Gasteiger partial charge in [-0.05, 0) is 194 Å². The van der Waals surface area contributed by atoms with Gasteiger partial charge >= 0.3 is 0 Å². The molecule has 1 aliphatic carbocycles. The van der Waals surface area contributed by atoms with Crippen LogP contribution in [0.3, 0.4) is 0 Å². The molecule has 6 aromatic heterocycles. The molecule has 0 fully saturated rings. The summed E-state index contributed by atoms with van der Waals surface area (Å²) in [5.41, 5.74) is 25.2. The lowest BCUT2D eigenvalue weighted by molar-refractivity contribution is 0.0757. The number of carbonyl (C=O) groups is 4. The maximum Gasteiger partial charge on any atom is 0.256 e. The average molecular weight is 1870 g/mol. The van der Waals surface area contributed by atoms with Gasteiger partial charge in [-0.25, -0.2) is 35.9 Å². The Morgan fingerprint density at radius 3 is 1.51 bits per heavy atom. The number of fused-ring (bicyclic) bond motifs is 8. The maximum absolute atomic E-state index is 14.8. The van der Waals surface area contributed by atoms with E-state index in [1.54, 1.807) is 128 Å². The first kappa shape index (κ1) is 89.7. The van der Waals surface area contributed by atoms with Crippen LogP contribution in [0.5, 0.6) is 0 Å². The Kier molecular flexibility index (Phi) is 25.4. The Morgan fingerprint density at radius 2 is 0.928 bits per heavy atom. The van der Waals surface area contributed by atoms with Crippen molar-refractivity contribution >= 4 is 90.8 Å².